The number of esters is 1. The number of carbonyl (C=O) groups is 2. The Kier molecular flexibility index (Phi) is 3.31. The van der Waals surface area contributed by atoms with Crippen molar-refractivity contribution in [2.75, 3.05) is 19.7 Å². The fourth-order valence-electron chi connectivity index (χ4n) is 6.61. The summed E-state index contributed by atoms with van der Waals surface area (Å²) in [4.78, 5) is 26.1. The Hall–Kier alpha value is -1.06. The van der Waals surface area contributed by atoms with Gasteiger partial charge in [-0.3, -0.25) is 9.59 Å². The molecule has 1 atom stereocenters. The molecule has 4 nitrogen and oxygen atoms in total. The Bertz CT molecular complexity index is 553. The summed E-state index contributed by atoms with van der Waals surface area (Å²) in [6, 6.07) is 0. The van der Waals surface area contributed by atoms with Gasteiger partial charge in [-0.1, -0.05) is 25.7 Å². The van der Waals surface area contributed by atoms with Gasteiger partial charge in [0.25, 0.3) is 0 Å². The zero-order valence-electron chi connectivity index (χ0n) is 14.6. The summed E-state index contributed by atoms with van der Waals surface area (Å²) in [7, 11) is 0. The topological polar surface area (TPSA) is 46.6 Å². The van der Waals surface area contributed by atoms with Crippen molar-refractivity contribution in [2.24, 2.45) is 28.6 Å². The highest BCUT2D eigenvalue weighted by molar-refractivity contribution is 5.82. The Morgan fingerprint density at radius 3 is 2.42 bits per heavy atom. The number of likely N-dealkylation sites (tertiary alicyclic amines) is 1. The fraction of sp³-hybridized carbons (Fsp3) is 0.900. The van der Waals surface area contributed by atoms with Crippen molar-refractivity contribution >= 4 is 11.9 Å². The van der Waals surface area contributed by atoms with E-state index < -0.39 is 0 Å². The molecule has 5 aliphatic rings. The SMILES string of the molecule is O=C1CC2(CO1)CC(C(=O)N1CC3(CCC(C4CCCC4)C3)C1)C2. The van der Waals surface area contributed by atoms with E-state index in [-0.39, 0.29) is 17.3 Å². The lowest BCUT2D eigenvalue weighted by molar-refractivity contribution is -0.156. The summed E-state index contributed by atoms with van der Waals surface area (Å²) < 4.78 is 5.11. The lowest BCUT2D eigenvalue weighted by atomic mass is 9.60. The highest BCUT2D eigenvalue weighted by Crippen LogP contribution is 2.55. The van der Waals surface area contributed by atoms with Crippen molar-refractivity contribution in [1.29, 1.82) is 0 Å². The normalized spacial score (nSPS) is 40.8. The molecule has 2 saturated heterocycles. The number of ether oxygens (including phenoxy) is 1. The van der Waals surface area contributed by atoms with E-state index in [1.54, 1.807) is 0 Å². The molecule has 24 heavy (non-hydrogen) atoms. The molecule has 5 rings (SSSR count). The van der Waals surface area contributed by atoms with Crippen LogP contribution in [0.1, 0.15) is 64.2 Å². The van der Waals surface area contributed by atoms with Gasteiger partial charge in [0.1, 0.15) is 0 Å². The lowest BCUT2D eigenvalue weighted by Gasteiger charge is -2.52. The van der Waals surface area contributed by atoms with E-state index in [2.05, 4.69) is 4.90 Å². The molecular formula is C20H29NO3. The molecule has 0 aromatic heterocycles. The van der Waals surface area contributed by atoms with Gasteiger partial charge in [0.15, 0.2) is 0 Å². The van der Waals surface area contributed by atoms with Crippen molar-refractivity contribution in [3.8, 4) is 0 Å². The van der Waals surface area contributed by atoms with Gasteiger partial charge in [-0.2, -0.15) is 0 Å². The monoisotopic (exact) mass is 331 g/mol. The van der Waals surface area contributed by atoms with E-state index in [0.29, 0.717) is 24.3 Å². The van der Waals surface area contributed by atoms with Gasteiger partial charge < -0.3 is 9.64 Å². The molecule has 0 N–H and O–H groups in total. The third-order valence-corrected chi connectivity index (χ3v) is 7.94. The summed E-state index contributed by atoms with van der Waals surface area (Å²) in [6.07, 6.45) is 12.2. The van der Waals surface area contributed by atoms with Crippen LogP contribution in [-0.2, 0) is 14.3 Å². The maximum absolute atomic E-state index is 12.7. The predicted molar refractivity (Wildman–Crippen MR) is 89.0 cm³/mol. The second-order valence-electron chi connectivity index (χ2n) is 9.68. The quantitative estimate of drug-likeness (QED) is 0.730. The predicted octanol–water partition coefficient (Wildman–Crippen LogP) is 3.15. The number of nitrogens with zero attached hydrogens (tertiary/aromatic N) is 1. The molecule has 5 fully saturated rings. The maximum Gasteiger partial charge on any atom is 0.306 e. The van der Waals surface area contributed by atoms with Gasteiger partial charge in [0.05, 0.1) is 13.0 Å². The average molecular weight is 331 g/mol. The largest absolute Gasteiger partial charge is 0.465 e. The molecule has 2 spiro atoms. The van der Waals surface area contributed by atoms with Crippen molar-refractivity contribution in [1.82, 2.24) is 4.90 Å². The molecule has 3 aliphatic carbocycles. The smallest absolute Gasteiger partial charge is 0.306 e. The molecule has 1 amide bonds. The first kappa shape index (κ1) is 15.2. The molecule has 0 aromatic carbocycles. The summed E-state index contributed by atoms with van der Waals surface area (Å²) >= 11 is 0. The first-order valence-corrected chi connectivity index (χ1v) is 10.0. The minimum Gasteiger partial charge on any atom is -0.465 e. The lowest BCUT2D eigenvalue weighted by Crippen LogP contribution is -2.60. The molecule has 4 heteroatoms. The zero-order chi connectivity index (χ0) is 16.4. The first-order valence-electron chi connectivity index (χ1n) is 10.0. The number of cyclic esters (lactones) is 1. The molecule has 0 aromatic rings. The van der Waals surface area contributed by atoms with Gasteiger partial charge in [0, 0.05) is 29.8 Å². The third kappa shape index (κ3) is 2.32. The van der Waals surface area contributed by atoms with Crippen LogP contribution < -0.4 is 0 Å². The van der Waals surface area contributed by atoms with E-state index in [1.165, 1.54) is 44.9 Å². The molecule has 3 saturated carbocycles. The molecule has 0 bridgehead atoms. The van der Waals surface area contributed by atoms with Crippen LogP contribution in [0.2, 0.25) is 0 Å². The summed E-state index contributed by atoms with van der Waals surface area (Å²) in [5.74, 6) is 2.37. The van der Waals surface area contributed by atoms with E-state index in [9.17, 15) is 9.59 Å². The van der Waals surface area contributed by atoms with Gasteiger partial charge in [0.2, 0.25) is 5.91 Å². The minimum atomic E-state index is -0.0762. The van der Waals surface area contributed by atoms with Crippen molar-refractivity contribution < 1.29 is 14.3 Å². The molecule has 0 radical (unpaired) electrons. The van der Waals surface area contributed by atoms with Crippen molar-refractivity contribution in [3.63, 3.8) is 0 Å². The summed E-state index contributed by atoms with van der Waals surface area (Å²) in [5, 5.41) is 0. The van der Waals surface area contributed by atoms with Gasteiger partial charge in [-0.05, 0) is 43.9 Å². The first-order chi connectivity index (χ1) is 11.6. The Morgan fingerprint density at radius 1 is 1.00 bits per heavy atom. The van der Waals surface area contributed by atoms with E-state index in [0.717, 1.165) is 37.8 Å². The van der Waals surface area contributed by atoms with Crippen LogP contribution in [0.3, 0.4) is 0 Å². The van der Waals surface area contributed by atoms with E-state index in [4.69, 9.17) is 4.74 Å². The fourth-order valence-corrected chi connectivity index (χ4v) is 6.61. The van der Waals surface area contributed by atoms with Crippen LogP contribution in [0.4, 0.5) is 0 Å². The molecular weight excluding hydrogens is 302 g/mol. The summed E-state index contributed by atoms with van der Waals surface area (Å²) in [5.41, 5.74) is 0.484. The van der Waals surface area contributed by atoms with Crippen LogP contribution in [0.15, 0.2) is 0 Å². The van der Waals surface area contributed by atoms with Crippen LogP contribution in [0.5, 0.6) is 0 Å². The van der Waals surface area contributed by atoms with Crippen molar-refractivity contribution in [3.05, 3.63) is 0 Å². The van der Waals surface area contributed by atoms with Crippen LogP contribution in [0, 0.1) is 28.6 Å². The Balaban J connectivity index is 1.12. The zero-order valence-corrected chi connectivity index (χ0v) is 14.6. The Labute approximate surface area is 144 Å². The van der Waals surface area contributed by atoms with Gasteiger partial charge >= 0.3 is 5.97 Å². The number of carbonyl (C=O) groups excluding carboxylic acids is 2. The molecule has 2 heterocycles. The highest BCUT2D eigenvalue weighted by Gasteiger charge is 2.56. The Morgan fingerprint density at radius 2 is 1.75 bits per heavy atom. The third-order valence-electron chi connectivity index (χ3n) is 7.94. The number of hydrogen-bond acceptors (Lipinski definition) is 3. The van der Waals surface area contributed by atoms with Gasteiger partial charge in [-0.25, -0.2) is 0 Å². The minimum absolute atomic E-state index is 0.0148. The molecule has 132 valence electrons. The average Bonchev–Trinajstić information content (AvgIpc) is 3.21. The summed E-state index contributed by atoms with van der Waals surface area (Å²) in [6.45, 7) is 2.56. The second kappa shape index (κ2) is 5.22. The van der Waals surface area contributed by atoms with Crippen LogP contribution >= 0.6 is 0 Å². The van der Waals surface area contributed by atoms with E-state index >= 15 is 0 Å². The van der Waals surface area contributed by atoms with E-state index in [1.807, 2.05) is 0 Å². The second-order valence-corrected chi connectivity index (χ2v) is 9.68. The van der Waals surface area contributed by atoms with Crippen LogP contribution in [-0.4, -0.2) is 36.5 Å². The number of hydrogen-bond donors (Lipinski definition) is 0. The molecule has 2 aliphatic heterocycles. The van der Waals surface area contributed by atoms with Gasteiger partial charge in [-0.15, -0.1) is 0 Å². The number of rotatable bonds is 2. The van der Waals surface area contributed by atoms with Crippen molar-refractivity contribution in [2.45, 2.75) is 64.2 Å². The molecule has 1 unspecified atom stereocenters. The highest BCUT2D eigenvalue weighted by atomic mass is 16.5. The standard InChI is InChI=1S/C20H29NO3/c22-17-10-20(13-24-17)8-16(9-20)18(23)21-11-19(12-21)6-5-15(7-19)14-3-1-2-4-14/h14-16H,1-13H2. The maximum atomic E-state index is 12.7. The number of amides is 1. The van der Waals surface area contributed by atoms with Crippen LogP contribution in [0.25, 0.3) is 0 Å².